The summed E-state index contributed by atoms with van der Waals surface area (Å²) in [5.41, 5.74) is 38.2. The molecule has 148 heavy (non-hydrogen) atoms. The lowest BCUT2D eigenvalue weighted by atomic mass is 10.1. The standard InChI is InChI=1S/C34H36N6O4.C29H28N6O2.C29H27N5O2.C24H19N5O2/c1-34(2,3)44-33(41)39-18-8-11-25(20-39)40-32-29(31(35)36-22-37-32)30(38-40)24-14-16-26(17-15-24)43-28-13-7-12-27(19-28)42-21-23-9-5-4-6-10-23;30-28-26-27(34-35(29(26)33-19-32-28)22-8-5-15-31-17-22)21-11-13-23(14-12-21)37-25-10-4-9-24(16-25)36-18-20-6-2-1-3-7-20;30-28-26-27(33-34(22-9-4-5-10-22)29(26)32-19-31-28)21-13-15-23(16-14-21)36-25-12-6-11-24(17-25)35-18-20-7-2-1-3-8-20;25-23-21-22(28-29-24(21)27-15-26-23)17-9-11-18(12-10-17)31-20-8-4-7-19(13-20)30-14-16-5-2-1-3-6-16/h4-7,9-10,12-17,19,22,25H,8,11,18,20-21H2,1-3H3,(H2,35,36,37);1-4,6-7,9-14,16,19,22,31H,5,8,15,17-18H2,(H2,30,32,33);1-3,6-8,11-17,19,22H,4-5,9-10,18H2,(H2,30,31,32);1-13,15H,14H2,(H3,25,26,27,28,29)/t25-;22-;;/m11../s1. The van der Waals surface area contributed by atoms with Gasteiger partial charge < -0.3 is 75.8 Å². The van der Waals surface area contributed by atoms with E-state index in [0.29, 0.717) is 137 Å². The van der Waals surface area contributed by atoms with Crippen LogP contribution >= 0.6 is 0 Å². The summed E-state index contributed by atoms with van der Waals surface area (Å²) in [4.78, 5) is 49.0. The second-order valence-electron chi connectivity index (χ2n) is 37.0. The van der Waals surface area contributed by atoms with Crippen LogP contribution in [0.1, 0.15) is 113 Å². The molecule has 32 heteroatoms. The Balaban J connectivity index is 0.000000120. The zero-order valence-corrected chi connectivity index (χ0v) is 81.9. The van der Waals surface area contributed by atoms with Gasteiger partial charge in [-0.2, -0.15) is 20.4 Å². The number of rotatable bonds is 27. The molecule has 8 aromatic heterocycles. The molecule has 0 unspecified atom stereocenters. The van der Waals surface area contributed by atoms with E-state index in [1.165, 1.54) is 38.2 Å². The highest BCUT2D eigenvalue weighted by atomic mass is 16.6. The molecular formula is C116H110N22O10. The van der Waals surface area contributed by atoms with Crippen LogP contribution in [0.2, 0.25) is 0 Å². The molecule has 1 saturated carbocycles. The van der Waals surface area contributed by atoms with Crippen LogP contribution in [0.3, 0.4) is 0 Å². The number of piperidine rings is 2. The highest BCUT2D eigenvalue weighted by Crippen LogP contribution is 2.43. The van der Waals surface area contributed by atoms with Crippen LogP contribution in [0.25, 0.3) is 89.2 Å². The Morgan fingerprint density at radius 3 is 1.02 bits per heavy atom. The number of carbonyl (C=O) groups is 1. The molecule has 12 aromatic carbocycles. The number of nitrogens with zero attached hydrogens (tertiary/aromatic N) is 16. The highest BCUT2D eigenvalue weighted by Gasteiger charge is 2.33. The average Bonchev–Trinajstić information content (AvgIpc) is 1.61. The summed E-state index contributed by atoms with van der Waals surface area (Å²) < 4.78 is 59.6. The number of hydrogen-bond acceptors (Lipinski definition) is 27. The zero-order valence-electron chi connectivity index (χ0n) is 81.9. The van der Waals surface area contributed by atoms with E-state index in [1.807, 2.05) is 350 Å². The second-order valence-corrected chi connectivity index (χ2v) is 37.0. The van der Waals surface area contributed by atoms with Crippen molar-refractivity contribution < 1.29 is 47.4 Å². The molecule has 2 saturated heterocycles. The van der Waals surface area contributed by atoms with E-state index in [9.17, 15) is 4.79 Å². The Kier molecular flexibility index (Phi) is 29.9. The van der Waals surface area contributed by atoms with Crippen LogP contribution in [-0.4, -0.2) is 122 Å². The number of fused-ring (bicyclic) bond motifs is 4. The molecule has 10 heterocycles. The number of nitrogens with two attached hydrogens (primary N) is 4. The Bertz CT molecular complexity index is 7890. The van der Waals surface area contributed by atoms with Crippen LogP contribution < -0.4 is 66.1 Å². The highest BCUT2D eigenvalue weighted by molar-refractivity contribution is 6.01. The van der Waals surface area contributed by atoms with E-state index < -0.39 is 5.60 Å². The van der Waals surface area contributed by atoms with Crippen LogP contribution in [0.5, 0.6) is 69.0 Å². The fraction of sp³-hybridized carbons (Fsp3) is 0.198. The summed E-state index contributed by atoms with van der Waals surface area (Å²) in [5, 5.41) is 28.5. The smallest absolute Gasteiger partial charge is 0.410 e. The van der Waals surface area contributed by atoms with Crippen molar-refractivity contribution in [3.63, 3.8) is 0 Å². The molecule has 0 spiro atoms. The maximum Gasteiger partial charge on any atom is 0.410 e. The first-order valence-corrected chi connectivity index (χ1v) is 49.3. The first-order valence-electron chi connectivity index (χ1n) is 49.3. The number of anilines is 4. The lowest BCUT2D eigenvalue weighted by molar-refractivity contribution is 0.0169. The fourth-order valence-corrected chi connectivity index (χ4v) is 18.0. The zero-order chi connectivity index (χ0) is 101. The van der Waals surface area contributed by atoms with Crippen molar-refractivity contribution in [1.29, 1.82) is 0 Å². The topological polar surface area (TPSA) is 405 Å². The molecule has 744 valence electrons. The first-order chi connectivity index (χ1) is 72.5. The van der Waals surface area contributed by atoms with E-state index in [0.717, 1.165) is 164 Å². The van der Waals surface area contributed by atoms with Crippen molar-refractivity contribution in [3.05, 3.63) is 363 Å². The van der Waals surface area contributed by atoms with Gasteiger partial charge in [0.15, 0.2) is 22.6 Å². The number of H-pyrrole nitrogens is 1. The van der Waals surface area contributed by atoms with E-state index in [1.54, 1.807) is 4.90 Å². The number of aromatic nitrogens is 16. The number of ether oxygens (including phenoxy) is 9. The lowest BCUT2D eigenvalue weighted by Gasteiger charge is -2.34. The van der Waals surface area contributed by atoms with Crippen LogP contribution in [-0.2, 0) is 31.2 Å². The minimum absolute atomic E-state index is 0.0826. The Morgan fingerprint density at radius 1 is 0.338 bits per heavy atom. The summed E-state index contributed by atoms with van der Waals surface area (Å²) in [6.45, 7) is 10.6. The van der Waals surface area contributed by atoms with Gasteiger partial charge in [-0.3, -0.25) is 5.10 Å². The van der Waals surface area contributed by atoms with Crippen LogP contribution in [0, 0.1) is 0 Å². The SMILES string of the molecule is CC(C)(C)OC(=O)N1CCC[C@@H](n2nc(-c3ccc(Oc4cccc(OCc5ccccc5)c4)cc3)c3c(N)ncnc32)C1.Nc1ncnc2c1c(-c1ccc(Oc3cccc(OCc4ccccc4)c3)cc1)nn2C1CCCC1.Nc1ncnc2c1c(-c1ccc(Oc3cccc(OCc4ccccc4)c3)cc1)nn2[C@@H]1CCCNC1.Nc1ncnc2n[nH]c(-c3ccc(Oc4cccc(OCc5ccccc5)c4)cc3)c12. The second kappa shape index (κ2) is 45.5. The van der Waals surface area contributed by atoms with Crippen molar-refractivity contribution in [1.82, 2.24) is 89.6 Å². The molecule has 32 nitrogen and oxygen atoms in total. The van der Waals surface area contributed by atoms with Gasteiger partial charge >= 0.3 is 6.09 Å². The number of likely N-dealkylation sites (tertiary alicyclic amines) is 1. The molecule has 1 aliphatic carbocycles. The molecule has 20 aromatic rings. The van der Waals surface area contributed by atoms with Gasteiger partial charge in [-0.15, -0.1) is 0 Å². The number of hydrogen-bond donors (Lipinski definition) is 6. The molecule has 23 rings (SSSR count). The van der Waals surface area contributed by atoms with E-state index in [4.69, 9.17) is 80.9 Å². The molecule has 3 fully saturated rings. The molecular weight excluding hydrogens is 1860 g/mol. The van der Waals surface area contributed by atoms with Gasteiger partial charge in [-0.25, -0.2) is 58.7 Å². The minimum Gasteiger partial charge on any atom is -0.489 e. The molecule has 10 N–H and O–H groups in total. The largest absolute Gasteiger partial charge is 0.489 e. The molecule has 2 atom stereocenters. The first kappa shape index (κ1) is 97.1. The van der Waals surface area contributed by atoms with Gasteiger partial charge in [0, 0.05) is 66.2 Å². The van der Waals surface area contributed by atoms with E-state index in [2.05, 4.69) is 55.4 Å². The fourth-order valence-electron chi connectivity index (χ4n) is 18.0. The van der Waals surface area contributed by atoms with Crippen molar-refractivity contribution in [3.8, 4) is 114 Å². The lowest BCUT2D eigenvalue weighted by Crippen LogP contribution is -2.43. The van der Waals surface area contributed by atoms with Gasteiger partial charge in [0.2, 0.25) is 0 Å². The van der Waals surface area contributed by atoms with Gasteiger partial charge in [0.25, 0.3) is 0 Å². The van der Waals surface area contributed by atoms with Gasteiger partial charge in [-0.1, -0.05) is 158 Å². The van der Waals surface area contributed by atoms with Crippen molar-refractivity contribution in [2.75, 3.05) is 49.1 Å². The average molecular weight is 1970 g/mol. The minimum atomic E-state index is -0.563. The summed E-state index contributed by atoms with van der Waals surface area (Å²) >= 11 is 0. The molecule has 1 amide bonds. The maximum atomic E-state index is 12.8. The maximum absolute atomic E-state index is 12.8. The van der Waals surface area contributed by atoms with E-state index >= 15 is 0 Å². The number of aromatic amines is 1. The van der Waals surface area contributed by atoms with Crippen molar-refractivity contribution in [2.45, 2.75) is 122 Å². The number of nitrogen functional groups attached to an aromatic ring is 4. The normalized spacial score (nSPS) is 14.0. The van der Waals surface area contributed by atoms with Crippen molar-refractivity contribution in [2.24, 2.45) is 0 Å². The third-order valence-electron chi connectivity index (χ3n) is 25.3. The summed E-state index contributed by atoms with van der Waals surface area (Å²) in [5.74, 6) is 10.2. The van der Waals surface area contributed by atoms with E-state index in [-0.39, 0.29) is 18.2 Å². The third-order valence-corrected chi connectivity index (χ3v) is 25.3. The van der Waals surface area contributed by atoms with Gasteiger partial charge in [-0.05, 0) is 234 Å². The Morgan fingerprint density at radius 2 is 0.662 bits per heavy atom. The van der Waals surface area contributed by atoms with Crippen molar-refractivity contribution >= 4 is 73.5 Å². The van der Waals surface area contributed by atoms with Crippen LogP contribution in [0.15, 0.2) is 341 Å². The summed E-state index contributed by atoms with van der Waals surface area (Å²) in [7, 11) is 0. The van der Waals surface area contributed by atoms with Crippen LogP contribution in [0.4, 0.5) is 28.1 Å². The number of carbonyl (C=O) groups excluding carboxylic acids is 1. The number of nitrogens with one attached hydrogen (secondary N) is 2. The molecule has 3 aliphatic rings. The molecule has 2 aliphatic heterocycles. The number of amides is 1. The summed E-state index contributed by atoms with van der Waals surface area (Å²) in [6, 6.07) is 102. The third kappa shape index (κ3) is 23.9. The quantitative estimate of drug-likeness (QED) is 0.0278. The van der Waals surface area contributed by atoms with Gasteiger partial charge in [0.1, 0.15) is 167 Å². The monoisotopic (exact) mass is 1970 g/mol. The summed E-state index contributed by atoms with van der Waals surface area (Å²) in [6.07, 6.45) is 14.0. The number of benzene rings is 12. The molecule has 0 radical (unpaired) electrons. The Hall–Kier alpha value is -18.3. The van der Waals surface area contributed by atoms with Gasteiger partial charge in [0.05, 0.1) is 45.4 Å². The predicted octanol–water partition coefficient (Wildman–Crippen LogP) is 23.9. The Labute approximate surface area is 854 Å². The predicted molar refractivity (Wildman–Crippen MR) is 571 cm³/mol. The molecule has 0 bridgehead atoms.